The maximum Gasteiger partial charge on any atom is 0.338 e. The molecule has 4 rings (SSSR count). The van der Waals surface area contributed by atoms with Gasteiger partial charge < -0.3 is 24.6 Å². The van der Waals surface area contributed by atoms with Gasteiger partial charge in [0.1, 0.15) is 17.3 Å². The number of Topliss-reactive ketones (excluding diaryl/α,β-unsaturated/α-hetero) is 1. The first-order valence-corrected chi connectivity index (χ1v) is 12.3. The highest BCUT2D eigenvalue weighted by atomic mass is 16.5. The lowest BCUT2D eigenvalue weighted by atomic mass is 9.95. The fourth-order valence-electron chi connectivity index (χ4n) is 4.32. The van der Waals surface area contributed by atoms with Gasteiger partial charge in [0.2, 0.25) is 0 Å². The number of aliphatic hydroxyl groups is 1. The molecule has 8 heteroatoms. The molecule has 1 heterocycles. The van der Waals surface area contributed by atoms with E-state index in [4.69, 9.17) is 9.47 Å². The van der Waals surface area contributed by atoms with Gasteiger partial charge in [0, 0.05) is 12.1 Å². The predicted molar refractivity (Wildman–Crippen MR) is 141 cm³/mol. The van der Waals surface area contributed by atoms with E-state index in [1.165, 1.54) is 17.0 Å². The Morgan fingerprint density at radius 3 is 2.11 bits per heavy atom. The Kier molecular flexibility index (Phi) is 7.81. The number of esters is 1. The summed E-state index contributed by atoms with van der Waals surface area (Å²) in [6.45, 7) is 5.83. The summed E-state index contributed by atoms with van der Waals surface area (Å²) in [7, 11) is 0. The van der Waals surface area contributed by atoms with Crippen LogP contribution in [0.4, 0.5) is 0 Å². The third kappa shape index (κ3) is 5.54. The molecular weight excluding hydrogens is 486 g/mol. The van der Waals surface area contributed by atoms with Crippen LogP contribution in [0.25, 0.3) is 5.76 Å². The van der Waals surface area contributed by atoms with Crippen LogP contribution in [0.15, 0.2) is 78.4 Å². The molecule has 1 amide bonds. The van der Waals surface area contributed by atoms with Crippen molar-refractivity contribution in [1.82, 2.24) is 4.90 Å². The number of rotatable bonds is 8. The van der Waals surface area contributed by atoms with Gasteiger partial charge in [-0.2, -0.15) is 0 Å². The number of phenolic OH excluding ortho intramolecular Hbond substituents is 1. The third-order valence-electron chi connectivity index (χ3n) is 6.07. The van der Waals surface area contributed by atoms with Crippen LogP contribution in [0.1, 0.15) is 53.9 Å². The van der Waals surface area contributed by atoms with E-state index in [1.54, 1.807) is 67.6 Å². The summed E-state index contributed by atoms with van der Waals surface area (Å²) in [5, 5.41) is 21.0. The molecule has 3 aromatic rings. The Labute approximate surface area is 220 Å². The molecule has 1 atom stereocenters. The lowest BCUT2D eigenvalue weighted by Crippen LogP contribution is -2.29. The minimum atomic E-state index is -0.896. The van der Waals surface area contributed by atoms with E-state index in [0.29, 0.717) is 28.0 Å². The lowest BCUT2D eigenvalue weighted by Gasteiger charge is -2.25. The van der Waals surface area contributed by atoms with Gasteiger partial charge in [0.25, 0.3) is 11.7 Å². The molecule has 0 aromatic heterocycles. The molecule has 38 heavy (non-hydrogen) atoms. The van der Waals surface area contributed by atoms with E-state index >= 15 is 0 Å². The van der Waals surface area contributed by atoms with Crippen molar-refractivity contribution < 1.29 is 34.1 Å². The minimum Gasteiger partial charge on any atom is -0.508 e. The second-order valence-electron chi connectivity index (χ2n) is 9.13. The van der Waals surface area contributed by atoms with Crippen molar-refractivity contribution in [3.63, 3.8) is 0 Å². The zero-order valence-electron chi connectivity index (χ0n) is 21.4. The fourth-order valence-corrected chi connectivity index (χ4v) is 4.32. The summed E-state index contributed by atoms with van der Waals surface area (Å²) in [5.41, 5.74) is 1.91. The quantitative estimate of drug-likeness (QED) is 0.188. The second-order valence-corrected chi connectivity index (χ2v) is 9.13. The van der Waals surface area contributed by atoms with Crippen LogP contribution >= 0.6 is 0 Å². The topological polar surface area (TPSA) is 113 Å². The van der Waals surface area contributed by atoms with Crippen LogP contribution in [-0.2, 0) is 20.9 Å². The fraction of sp³-hybridized carbons (Fsp3) is 0.233. The van der Waals surface area contributed by atoms with Crippen molar-refractivity contribution in [1.29, 1.82) is 0 Å². The summed E-state index contributed by atoms with van der Waals surface area (Å²) in [4.78, 5) is 39.8. The Balaban J connectivity index is 1.73. The first-order valence-electron chi connectivity index (χ1n) is 12.3. The average molecular weight is 516 g/mol. The van der Waals surface area contributed by atoms with Crippen molar-refractivity contribution >= 4 is 23.4 Å². The maximum atomic E-state index is 13.3. The second kappa shape index (κ2) is 11.2. The molecule has 8 nitrogen and oxygen atoms in total. The van der Waals surface area contributed by atoms with Crippen LogP contribution in [0.2, 0.25) is 0 Å². The van der Waals surface area contributed by atoms with Crippen LogP contribution < -0.4 is 4.74 Å². The number of ketones is 1. The summed E-state index contributed by atoms with van der Waals surface area (Å²) in [6, 6.07) is 18.4. The third-order valence-corrected chi connectivity index (χ3v) is 6.07. The van der Waals surface area contributed by atoms with E-state index < -0.39 is 23.7 Å². The molecule has 0 spiro atoms. The Morgan fingerprint density at radius 1 is 0.921 bits per heavy atom. The number of aliphatic hydroxyl groups excluding tert-OH is 1. The molecule has 0 saturated carbocycles. The number of hydrogen-bond donors (Lipinski definition) is 2. The molecule has 1 fully saturated rings. The molecule has 2 N–H and O–H groups in total. The highest BCUT2D eigenvalue weighted by Crippen LogP contribution is 2.40. The maximum absolute atomic E-state index is 13.3. The monoisotopic (exact) mass is 515 g/mol. The van der Waals surface area contributed by atoms with E-state index in [1.807, 2.05) is 13.8 Å². The molecule has 1 aliphatic heterocycles. The molecule has 3 aromatic carbocycles. The molecule has 1 saturated heterocycles. The molecule has 0 bridgehead atoms. The van der Waals surface area contributed by atoms with Gasteiger partial charge in [-0.15, -0.1) is 0 Å². The van der Waals surface area contributed by atoms with Gasteiger partial charge in [0.15, 0.2) is 0 Å². The smallest absolute Gasteiger partial charge is 0.338 e. The number of aromatic hydroxyl groups is 1. The number of ether oxygens (including phenoxy) is 2. The van der Waals surface area contributed by atoms with Gasteiger partial charge in [-0.05, 0) is 80.4 Å². The van der Waals surface area contributed by atoms with Gasteiger partial charge in [-0.1, -0.05) is 24.3 Å². The standard InChI is InChI=1S/C30H29NO7/c1-4-37-30(36)22-7-5-19(6-8-22)17-31-26(20-9-13-23(32)14-10-20)25(28(34)29(31)35)27(33)21-11-15-24(16-12-21)38-18(2)3/h5-16,18,26,32-33H,4,17H2,1-3H3/b27-25+. The van der Waals surface area contributed by atoms with E-state index in [-0.39, 0.29) is 36.3 Å². The number of nitrogens with zero attached hydrogens (tertiary/aromatic N) is 1. The zero-order valence-corrected chi connectivity index (χ0v) is 21.4. The van der Waals surface area contributed by atoms with Crippen LogP contribution in [0.5, 0.6) is 11.5 Å². The summed E-state index contributed by atoms with van der Waals surface area (Å²) in [6.07, 6.45) is -0.0272. The van der Waals surface area contributed by atoms with Crippen molar-refractivity contribution in [3.8, 4) is 11.5 Å². The van der Waals surface area contributed by atoms with Crippen LogP contribution in [0.3, 0.4) is 0 Å². The summed E-state index contributed by atoms with van der Waals surface area (Å²) >= 11 is 0. The number of carbonyl (C=O) groups excluding carboxylic acids is 3. The largest absolute Gasteiger partial charge is 0.508 e. The zero-order chi connectivity index (χ0) is 27.4. The molecular formula is C30H29NO7. The molecule has 196 valence electrons. The van der Waals surface area contributed by atoms with Gasteiger partial charge in [0.05, 0.1) is 29.9 Å². The predicted octanol–water partition coefficient (Wildman–Crippen LogP) is 4.98. The van der Waals surface area contributed by atoms with Crippen molar-refractivity contribution in [2.45, 2.75) is 39.5 Å². The normalized spacial score (nSPS) is 16.6. The number of carbonyl (C=O) groups is 3. The number of amides is 1. The van der Waals surface area contributed by atoms with Crippen molar-refractivity contribution in [2.24, 2.45) is 0 Å². The highest BCUT2D eigenvalue weighted by Gasteiger charge is 2.46. The SMILES string of the molecule is CCOC(=O)c1ccc(CN2C(=O)C(=O)/C(=C(/O)c3ccc(OC(C)C)cc3)C2c2ccc(O)cc2)cc1. The number of benzene rings is 3. The minimum absolute atomic E-state index is 0.0272. The Hall–Kier alpha value is -4.59. The number of phenols is 1. The lowest BCUT2D eigenvalue weighted by molar-refractivity contribution is -0.140. The summed E-state index contributed by atoms with van der Waals surface area (Å²) in [5.74, 6) is -1.70. The van der Waals surface area contributed by atoms with E-state index in [2.05, 4.69) is 0 Å². The number of hydrogen-bond acceptors (Lipinski definition) is 7. The molecule has 1 aliphatic rings. The van der Waals surface area contributed by atoms with Crippen molar-refractivity contribution in [3.05, 3.63) is 101 Å². The molecule has 0 radical (unpaired) electrons. The van der Waals surface area contributed by atoms with Crippen LogP contribution in [0, 0.1) is 0 Å². The first-order chi connectivity index (χ1) is 18.2. The molecule has 1 unspecified atom stereocenters. The van der Waals surface area contributed by atoms with Crippen molar-refractivity contribution in [2.75, 3.05) is 6.61 Å². The van der Waals surface area contributed by atoms with Crippen LogP contribution in [-0.4, -0.2) is 45.5 Å². The van der Waals surface area contributed by atoms with Gasteiger partial charge >= 0.3 is 5.97 Å². The first kappa shape index (κ1) is 26.5. The van der Waals surface area contributed by atoms with Gasteiger partial charge in [-0.3, -0.25) is 9.59 Å². The molecule has 0 aliphatic carbocycles. The Bertz CT molecular complexity index is 1360. The number of likely N-dealkylation sites (tertiary alicyclic amines) is 1. The Morgan fingerprint density at radius 2 is 1.53 bits per heavy atom. The summed E-state index contributed by atoms with van der Waals surface area (Å²) < 4.78 is 10.7. The van der Waals surface area contributed by atoms with Gasteiger partial charge in [-0.25, -0.2) is 4.79 Å². The highest BCUT2D eigenvalue weighted by molar-refractivity contribution is 6.46. The van der Waals surface area contributed by atoms with E-state index in [0.717, 1.165) is 0 Å². The van der Waals surface area contributed by atoms with E-state index in [9.17, 15) is 24.6 Å². The average Bonchev–Trinajstić information content (AvgIpc) is 3.14.